The first-order chi connectivity index (χ1) is 8.24. The summed E-state index contributed by atoms with van der Waals surface area (Å²) in [5.41, 5.74) is 0.380. The van der Waals surface area contributed by atoms with Gasteiger partial charge in [0.1, 0.15) is 0 Å². The zero-order chi connectivity index (χ0) is 12.5. The molecule has 0 aromatic heterocycles. The van der Waals surface area contributed by atoms with Crippen molar-refractivity contribution >= 4 is 11.9 Å². The molecular formula is C13H15NO3. The quantitative estimate of drug-likeness (QED) is 0.463. The molecule has 1 N–H and O–H groups in total. The second kappa shape index (κ2) is 7.22. The van der Waals surface area contributed by atoms with Crippen LogP contribution in [0.2, 0.25) is 0 Å². The molecule has 1 aromatic carbocycles. The maximum atomic E-state index is 11.5. The van der Waals surface area contributed by atoms with Gasteiger partial charge in [-0.15, -0.1) is 0 Å². The summed E-state index contributed by atoms with van der Waals surface area (Å²) in [6, 6.07) is 8.44. The lowest BCUT2D eigenvalue weighted by atomic mass is 10.2. The summed E-state index contributed by atoms with van der Waals surface area (Å²) < 4.78 is 4.69. The molecule has 0 spiro atoms. The fourth-order valence-electron chi connectivity index (χ4n) is 1.22. The Labute approximate surface area is 100 Å². The standard InChI is InChI=1S/C13H15NO3/c1-2-14-10-6-9-12(15)17-13(16)11-7-4-3-5-8-11/h2-5,7-8,14H,1,6,9-10H2. The van der Waals surface area contributed by atoms with Crippen molar-refractivity contribution in [2.45, 2.75) is 12.8 Å². The summed E-state index contributed by atoms with van der Waals surface area (Å²) in [5, 5.41) is 2.86. The molecule has 0 fully saturated rings. The van der Waals surface area contributed by atoms with E-state index in [1.807, 2.05) is 0 Å². The normalized spacial score (nSPS) is 9.41. The number of hydrogen-bond acceptors (Lipinski definition) is 4. The van der Waals surface area contributed by atoms with E-state index in [4.69, 9.17) is 0 Å². The van der Waals surface area contributed by atoms with Gasteiger partial charge in [0.2, 0.25) is 0 Å². The molecule has 1 aromatic rings. The van der Waals surface area contributed by atoms with E-state index in [1.54, 1.807) is 36.5 Å². The number of esters is 2. The Hall–Kier alpha value is -2.10. The zero-order valence-electron chi connectivity index (χ0n) is 9.52. The molecule has 0 heterocycles. The molecule has 90 valence electrons. The van der Waals surface area contributed by atoms with Crippen LogP contribution < -0.4 is 5.32 Å². The molecule has 0 aliphatic heterocycles. The van der Waals surface area contributed by atoms with E-state index < -0.39 is 11.9 Å². The van der Waals surface area contributed by atoms with Gasteiger partial charge in [-0.25, -0.2) is 4.79 Å². The van der Waals surface area contributed by atoms with Gasteiger partial charge in [-0.05, 0) is 24.8 Å². The molecule has 0 bridgehead atoms. The van der Waals surface area contributed by atoms with Crippen LogP contribution in [-0.2, 0) is 9.53 Å². The maximum Gasteiger partial charge on any atom is 0.345 e. The summed E-state index contributed by atoms with van der Waals surface area (Å²) in [6.07, 6.45) is 2.37. The average molecular weight is 233 g/mol. The van der Waals surface area contributed by atoms with Crippen LogP contribution in [0.25, 0.3) is 0 Å². The van der Waals surface area contributed by atoms with Crippen LogP contribution in [0.1, 0.15) is 23.2 Å². The molecular weight excluding hydrogens is 218 g/mol. The van der Waals surface area contributed by atoms with Gasteiger partial charge in [0.15, 0.2) is 0 Å². The van der Waals surface area contributed by atoms with Crippen LogP contribution in [0.15, 0.2) is 43.1 Å². The predicted molar refractivity (Wildman–Crippen MR) is 64.3 cm³/mol. The van der Waals surface area contributed by atoms with Crippen molar-refractivity contribution < 1.29 is 14.3 Å². The first kappa shape index (κ1) is 13.0. The molecule has 1 rings (SSSR count). The van der Waals surface area contributed by atoms with Gasteiger partial charge in [0.25, 0.3) is 0 Å². The number of hydrogen-bond donors (Lipinski definition) is 1. The third-order valence-electron chi connectivity index (χ3n) is 2.06. The van der Waals surface area contributed by atoms with Crippen LogP contribution in [0.3, 0.4) is 0 Å². The third-order valence-corrected chi connectivity index (χ3v) is 2.06. The number of nitrogens with one attached hydrogen (secondary N) is 1. The minimum atomic E-state index is -0.604. The molecule has 17 heavy (non-hydrogen) atoms. The third kappa shape index (κ3) is 4.97. The van der Waals surface area contributed by atoms with Crippen molar-refractivity contribution in [3.8, 4) is 0 Å². The average Bonchev–Trinajstić information content (AvgIpc) is 2.36. The molecule has 0 radical (unpaired) electrons. The van der Waals surface area contributed by atoms with Gasteiger partial charge >= 0.3 is 11.9 Å². The Kier molecular flexibility index (Phi) is 5.51. The molecule has 0 atom stereocenters. The summed E-state index contributed by atoms with van der Waals surface area (Å²) in [6.45, 7) is 4.12. The van der Waals surface area contributed by atoms with Crippen LogP contribution in [0, 0.1) is 0 Å². The summed E-state index contributed by atoms with van der Waals surface area (Å²) in [4.78, 5) is 22.8. The highest BCUT2D eigenvalue weighted by molar-refractivity contribution is 5.96. The monoisotopic (exact) mass is 233 g/mol. The minimum Gasteiger partial charge on any atom is -0.391 e. The number of carbonyl (C=O) groups is 2. The maximum absolute atomic E-state index is 11.5. The molecule has 4 heteroatoms. The van der Waals surface area contributed by atoms with Gasteiger partial charge in [0.05, 0.1) is 5.56 Å². The van der Waals surface area contributed by atoms with Crippen molar-refractivity contribution in [3.63, 3.8) is 0 Å². The van der Waals surface area contributed by atoms with Crippen LogP contribution in [-0.4, -0.2) is 18.5 Å². The molecule has 0 amide bonds. The summed E-state index contributed by atoms with van der Waals surface area (Å²) in [7, 11) is 0. The molecule has 0 aliphatic carbocycles. The second-order valence-electron chi connectivity index (χ2n) is 3.39. The number of benzene rings is 1. The highest BCUT2D eigenvalue weighted by Crippen LogP contribution is 2.02. The Bertz CT molecular complexity index is 387. The molecule has 4 nitrogen and oxygen atoms in total. The van der Waals surface area contributed by atoms with Crippen molar-refractivity contribution in [2.24, 2.45) is 0 Å². The molecule has 0 unspecified atom stereocenters. The topological polar surface area (TPSA) is 55.4 Å². The van der Waals surface area contributed by atoms with E-state index >= 15 is 0 Å². The summed E-state index contributed by atoms with van der Waals surface area (Å²) in [5.74, 6) is -1.11. The van der Waals surface area contributed by atoms with E-state index in [1.165, 1.54) is 0 Å². The number of carbonyl (C=O) groups excluding carboxylic acids is 2. The van der Waals surface area contributed by atoms with E-state index in [9.17, 15) is 9.59 Å². The number of rotatable bonds is 6. The highest BCUT2D eigenvalue weighted by atomic mass is 16.6. The number of ether oxygens (including phenoxy) is 1. The fraction of sp³-hybridized carbons (Fsp3) is 0.231. The van der Waals surface area contributed by atoms with Crippen molar-refractivity contribution in [1.82, 2.24) is 5.32 Å². The highest BCUT2D eigenvalue weighted by Gasteiger charge is 2.11. The van der Waals surface area contributed by atoms with E-state index in [-0.39, 0.29) is 6.42 Å². The lowest BCUT2D eigenvalue weighted by Crippen LogP contribution is -2.14. The Morgan fingerprint density at radius 1 is 1.29 bits per heavy atom. The minimum absolute atomic E-state index is 0.208. The zero-order valence-corrected chi connectivity index (χ0v) is 9.52. The fourth-order valence-corrected chi connectivity index (χ4v) is 1.22. The van der Waals surface area contributed by atoms with E-state index in [0.29, 0.717) is 18.5 Å². The van der Waals surface area contributed by atoms with E-state index in [0.717, 1.165) is 0 Å². The van der Waals surface area contributed by atoms with Crippen molar-refractivity contribution in [3.05, 3.63) is 48.7 Å². The van der Waals surface area contributed by atoms with Gasteiger partial charge in [-0.2, -0.15) is 0 Å². The largest absolute Gasteiger partial charge is 0.391 e. The van der Waals surface area contributed by atoms with E-state index in [2.05, 4.69) is 16.6 Å². The predicted octanol–water partition coefficient (Wildman–Crippen LogP) is 1.88. The summed E-state index contributed by atoms with van der Waals surface area (Å²) >= 11 is 0. The van der Waals surface area contributed by atoms with Crippen LogP contribution in [0.5, 0.6) is 0 Å². The SMILES string of the molecule is C=CNCCCC(=O)OC(=O)c1ccccc1. The van der Waals surface area contributed by atoms with Gasteiger partial charge in [0, 0.05) is 13.0 Å². The first-order valence-electron chi connectivity index (χ1n) is 5.38. The van der Waals surface area contributed by atoms with Gasteiger partial charge < -0.3 is 10.1 Å². The molecule has 0 aliphatic rings. The molecule has 0 saturated heterocycles. The second-order valence-corrected chi connectivity index (χ2v) is 3.39. The Morgan fingerprint density at radius 3 is 2.65 bits per heavy atom. The Morgan fingerprint density at radius 2 is 2.00 bits per heavy atom. The molecule has 0 saturated carbocycles. The first-order valence-corrected chi connectivity index (χ1v) is 5.38. The Balaban J connectivity index is 2.31. The van der Waals surface area contributed by atoms with Gasteiger partial charge in [-0.3, -0.25) is 4.79 Å². The smallest absolute Gasteiger partial charge is 0.345 e. The van der Waals surface area contributed by atoms with Crippen LogP contribution >= 0.6 is 0 Å². The lowest BCUT2D eigenvalue weighted by Gasteiger charge is -2.03. The van der Waals surface area contributed by atoms with Crippen LogP contribution in [0.4, 0.5) is 0 Å². The lowest BCUT2D eigenvalue weighted by molar-refractivity contribution is -0.138. The van der Waals surface area contributed by atoms with Crippen molar-refractivity contribution in [1.29, 1.82) is 0 Å². The van der Waals surface area contributed by atoms with Gasteiger partial charge in [-0.1, -0.05) is 24.8 Å². The van der Waals surface area contributed by atoms with Crippen molar-refractivity contribution in [2.75, 3.05) is 6.54 Å².